The number of aromatic amines is 1. The van der Waals surface area contributed by atoms with Crippen molar-refractivity contribution < 1.29 is 14.3 Å². The van der Waals surface area contributed by atoms with E-state index < -0.39 is 0 Å². The molecule has 6 rings (SSSR count). The van der Waals surface area contributed by atoms with Crippen molar-refractivity contribution in [2.45, 2.75) is 12.8 Å². The van der Waals surface area contributed by atoms with Crippen LogP contribution in [0.3, 0.4) is 0 Å². The smallest absolute Gasteiger partial charge is 0.188 e. The molecule has 0 saturated heterocycles. The molecule has 0 aliphatic heterocycles. The Morgan fingerprint density at radius 3 is 2.37 bits per heavy atom. The third-order valence-electron chi connectivity index (χ3n) is 6.40. The summed E-state index contributed by atoms with van der Waals surface area (Å²) < 4.78 is 6.03. The highest BCUT2D eigenvalue weighted by atomic mass is 16.5. The van der Waals surface area contributed by atoms with Crippen LogP contribution in [0, 0.1) is 0 Å². The van der Waals surface area contributed by atoms with Crippen molar-refractivity contribution in [3.63, 3.8) is 0 Å². The van der Waals surface area contributed by atoms with E-state index in [1.165, 1.54) is 0 Å². The van der Waals surface area contributed by atoms with Crippen LogP contribution in [0.4, 0.5) is 0 Å². The molecule has 0 aliphatic rings. The minimum atomic E-state index is -0.144. The van der Waals surface area contributed by atoms with Gasteiger partial charge in [0.15, 0.2) is 11.6 Å². The molecule has 184 valence electrons. The van der Waals surface area contributed by atoms with E-state index in [0.29, 0.717) is 39.6 Å². The number of ether oxygens (including phenoxy) is 1. The van der Waals surface area contributed by atoms with Crippen molar-refractivity contribution in [2.24, 2.45) is 0 Å². The number of imidazole rings is 1. The molecule has 6 aromatic rings. The summed E-state index contributed by atoms with van der Waals surface area (Å²) in [4.78, 5) is 38.6. The SMILES string of the molecule is O=C(Cc1nc2c(C(=O)Cc3ccccc3Oc3ccccc3)cccc2[nH]1)c1cc2ccccc2cn1. The fraction of sp³-hybridized carbons (Fsp3) is 0.0625. The number of carbonyl (C=O) groups excluding carboxylic acids is 2. The summed E-state index contributed by atoms with van der Waals surface area (Å²) in [5, 5.41) is 1.94. The molecule has 2 heterocycles. The number of Topliss-reactive ketones (excluding diaryl/α,β-unsaturated/α-hetero) is 2. The highest BCUT2D eigenvalue weighted by Crippen LogP contribution is 2.27. The zero-order chi connectivity index (χ0) is 25.9. The lowest BCUT2D eigenvalue weighted by Crippen LogP contribution is -2.07. The molecule has 0 radical (unpaired) electrons. The standard InChI is InChI=1S/C32H23N3O3/c36-28(18-22-10-6-7-16-30(22)38-24-12-2-1-3-13-24)25-14-8-15-26-32(25)35-31(34-26)19-29(37)27-17-21-9-4-5-11-23(21)20-33-27/h1-17,20H,18-19H2,(H,34,35). The van der Waals surface area contributed by atoms with Crippen LogP contribution in [0.5, 0.6) is 11.5 Å². The van der Waals surface area contributed by atoms with Crippen LogP contribution in [0.2, 0.25) is 0 Å². The van der Waals surface area contributed by atoms with E-state index in [1.54, 1.807) is 18.3 Å². The van der Waals surface area contributed by atoms with E-state index in [4.69, 9.17) is 4.74 Å². The number of hydrogen-bond donors (Lipinski definition) is 1. The predicted octanol–water partition coefficient (Wildman–Crippen LogP) is 6.75. The van der Waals surface area contributed by atoms with Gasteiger partial charge < -0.3 is 9.72 Å². The van der Waals surface area contributed by atoms with Crippen molar-refractivity contribution >= 4 is 33.4 Å². The summed E-state index contributed by atoms with van der Waals surface area (Å²) in [7, 11) is 0. The van der Waals surface area contributed by atoms with Gasteiger partial charge >= 0.3 is 0 Å². The minimum Gasteiger partial charge on any atom is -0.457 e. The molecule has 0 unspecified atom stereocenters. The van der Waals surface area contributed by atoms with Gasteiger partial charge in [-0.25, -0.2) is 4.98 Å². The van der Waals surface area contributed by atoms with Gasteiger partial charge in [-0.2, -0.15) is 0 Å². The fourth-order valence-electron chi connectivity index (χ4n) is 4.50. The van der Waals surface area contributed by atoms with Crippen LogP contribution in [-0.2, 0) is 12.8 Å². The summed E-state index contributed by atoms with van der Waals surface area (Å²) in [6.07, 6.45) is 1.92. The lowest BCUT2D eigenvalue weighted by atomic mass is 10.0. The third kappa shape index (κ3) is 4.80. The lowest BCUT2D eigenvalue weighted by Gasteiger charge is -2.11. The Balaban J connectivity index is 1.24. The maximum Gasteiger partial charge on any atom is 0.188 e. The second-order valence-electron chi connectivity index (χ2n) is 9.02. The van der Waals surface area contributed by atoms with Crippen molar-refractivity contribution in [1.82, 2.24) is 15.0 Å². The molecule has 0 bridgehead atoms. The number of fused-ring (bicyclic) bond motifs is 2. The van der Waals surface area contributed by atoms with E-state index in [2.05, 4.69) is 15.0 Å². The topological polar surface area (TPSA) is 84.9 Å². The summed E-state index contributed by atoms with van der Waals surface area (Å²) in [5.74, 6) is 1.61. The maximum absolute atomic E-state index is 13.4. The van der Waals surface area contributed by atoms with Crippen LogP contribution in [0.15, 0.2) is 109 Å². The first-order valence-corrected chi connectivity index (χ1v) is 12.3. The molecular weight excluding hydrogens is 474 g/mol. The van der Waals surface area contributed by atoms with Crippen molar-refractivity contribution in [3.8, 4) is 11.5 Å². The van der Waals surface area contributed by atoms with E-state index in [1.807, 2.05) is 91.0 Å². The normalized spacial score (nSPS) is 11.1. The van der Waals surface area contributed by atoms with Gasteiger partial charge in [0.05, 0.1) is 17.5 Å². The molecular formula is C32H23N3O3. The summed E-state index contributed by atoms with van der Waals surface area (Å²) >= 11 is 0. The van der Waals surface area contributed by atoms with Gasteiger partial charge in [0.25, 0.3) is 0 Å². The van der Waals surface area contributed by atoms with Crippen LogP contribution < -0.4 is 4.74 Å². The first-order valence-electron chi connectivity index (χ1n) is 12.3. The Labute approximate surface area is 219 Å². The monoisotopic (exact) mass is 497 g/mol. The van der Waals surface area contributed by atoms with Gasteiger partial charge in [-0.15, -0.1) is 0 Å². The predicted molar refractivity (Wildman–Crippen MR) is 147 cm³/mol. The fourth-order valence-corrected chi connectivity index (χ4v) is 4.50. The molecule has 1 N–H and O–H groups in total. The van der Waals surface area contributed by atoms with Crippen LogP contribution in [-0.4, -0.2) is 26.5 Å². The van der Waals surface area contributed by atoms with Crippen molar-refractivity contribution in [3.05, 3.63) is 132 Å². The van der Waals surface area contributed by atoms with E-state index in [0.717, 1.165) is 16.3 Å². The maximum atomic E-state index is 13.4. The van der Waals surface area contributed by atoms with Crippen LogP contribution in [0.1, 0.15) is 32.2 Å². The number of benzene rings is 4. The molecule has 4 aromatic carbocycles. The van der Waals surface area contributed by atoms with Gasteiger partial charge in [0.2, 0.25) is 0 Å². The Morgan fingerprint density at radius 1 is 0.737 bits per heavy atom. The molecule has 0 aliphatic carbocycles. The molecule has 0 amide bonds. The van der Waals surface area contributed by atoms with E-state index in [9.17, 15) is 9.59 Å². The number of aromatic nitrogens is 3. The number of para-hydroxylation sites is 3. The quantitative estimate of drug-likeness (QED) is 0.235. The number of pyridine rings is 1. The lowest BCUT2D eigenvalue weighted by molar-refractivity contribution is 0.0982. The zero-order valence-corrected chi connectivity index (χ0v) is 20.4. The van der Waals surface area contributed by atoms with Gasteiger partial charge in [0, 0.05) is 29.1 Å². The number of nitrogens with zero attached hydrogens (tertiary/aromatic N) is 2. The average Bonchev–Trinajstić information content (AvgIpc) is 3.37. The molecule has 38 heavy (non-hydrogen) atoms. The highest BCUT2D eigenvalue weighted by molar-refractivity contribution is 6.07. The Bertz CT molecular complexity index is 1790. The Hall–Kier alpha value is -5.10. The summed E-state index contributed by atoms with van der Waals surface area (Å²) in [5.41, 5.74) is 2.92. The minimum absolute atomic E-state index is 0.0569. The first-order chi connectivity index (χ1) is 18.6. The number of nitrogens with one attached hydrogen (secondary N) is 1. The molecule has 0 fully saturated rings. The first kappa shape index (κ1) is 23.3. The largest absolute Gasteiger partial charge is 0.457 e. The molecule has 2 aromatic heterocycles. The number of carbonyl (C=O) groups is 2. The molecule has 0 spiro atoms. The van der Waals surface area contributed by atoms with Crippen molar-refractivity contribution in [2.75, 3.05) is 0 Å². The van der Waals surface area contributed by atoms with E-state index >= 15 is 0 Å². The number of hydrogen-bond acceptors (Lipinski definition) is 5. The van der Waals surface area contributed by atoms with E-state index in [-0.39, 0.29) is 24.4 Å². The Morgan fingerprint density at radius 2 is 1.50 bits per heavy atom. The number of rotatable bonds is 8. The molecule has 6 nitrogen and oxygen atoms in total. The third-order valence-corrected chi connectivity index (χ3v) is 6.40. The molecule has 0 saturated carbocycles. The number of H-pyrrole nitrogens is 1. The van der Waals surface area contributed by atoms with Crippen LogP contribution >= 0.6 is 0 Å². The second kappa shape index (κ2) is 10.1. The summed E-state index contributed by atoms with van der Waals surface area (Å²) in [6, 6.07) is 32.0. The van der Waals surface area contributed by atoms with Crippen molar-refractivity contribution in [1.29, 1.82) is 0 Å². The molecule has 6 heteroatoms. The molecule has 0 atom stereocenters. The Kier molecular flexibility index (Phi) is 6.20. The number of ketones is 2. The van der Waals surface area contributed by atoms with Gasteiger partial charge in [-0.3, -0.25) is 14.6 Å². The zero-order valence-electron chi connectivity index (χ0n) is 20.4. The second-order valence-corrected chi connectivity index (χ2v) is 9.02. The van der Waals surface area contributed by atoms with Gasteiger partial charge in [-0.1, -0.05) is 66.7 Å². The van der Waals surface area contributed by atoms with Gasteiger partial charge in [0.1, 0.15) is 23.0 Å². The highest BCUT2D eigenvalue weighted by Gasteiger charge is 2.18. The summed E-state index contributed by atoms with van der Waals surface area (Å²) in [6.45, 7) is 0. The average molecular weight is 498 g/mol. The van der Waals surface area contributed by atoms with Gasteiger partial charge in [-0.05, 0) is 41.8 Å². The van der Waals surface area contributed by atoms with Crippen LogP contribution in [0.25, 0.3) is 21.8 Å².